The van der Waals surface area contributed by atoms with Crippen LogP contribution in [0.1, 0.15) is 13.3 Å². The zero-order valence-corrected chi connectivity index (χ0v) is 10.7. The minimum absolute atomic E-state index is 0.0310. The lowest BCUT2D eigenvalue weighted by molar-refractivity contribution is -0.118. The van der Waals surface area contributed by atoms with E-state index in [-0.39, 0.29) is 24.2 Å². The highest BCUT2D eigenvalue weighted by molar-refractivity contribution is 6.39. The van der Waals surface area contributed by atoms with Crippen LogP contribution in [-0.2, 0) is 9.59 Å². The van der Waals surface area contributed by atoms with Gasteiger partial charge in [-0.05, 0) is 18.6 Å². The molecule has 0 bridgehead atoms. The fourth-order valence-corrected chi connectivity index (χ4v) is 1.65. The molecule has 6 nitrogen and oxygen atoms in total. The van der Waals surface area contributed by atoms with E-state index in [1.807, 2.05) is 25.1 Å². The molecule has 6 heteroatoms. The van der Waals surface area contributed by atoms with E-state index in [1.165, 1.54) is 5.01 Å². The summed E-state index contributed by atoms with van der Waals surface area (Å²) in [5.74, 6) is -0.328. The predicted molar refractivity (Wildman–Crippen MR) is 72.7 cm³/mol. The molecule has 2 amide bonds. The van der Waals surface area contributed by atoms with Gasteiger partial charge in [-0.3, -0.25) is 20.0 Å². The number of nitrogens with zero attached hydrogens (tertiary/aromatic N) is 2. The summed E-state index contributed by atoms with van der Waals surface area (Å²) < 4.78 is 0. The van der Waals surface area contributed by atoms with Crippen molar-refractivity contribution in [2.75, 3.05) is 18.1 Å². The number of carbonyl (C=O) groups is 2. The van der Waals surface area contributed by atoms with Crippen LogP contribution >= 0.6 is 0 Å². The average Bonchev–Trinajstić information content (AvgIpc) is 2.46. The largest absolute Gasteiger partial charge is 0.349 e. The Kier molecular flexibility index (Phi) is 4.12. The molecule has 0 saturated heterocycles. The monoisotopic (exact) mass is 260 g/mol. The number of carbonyl (C=O) groups excluding carboxylic acids is 2. The van der Waals surface area contributed by atoms with Crippen LogP contribution in [0.3, 0.4) is 0 Å². The summed E-state index contributed by atoms with van der Waals surface area (Å²) in [4.78, 5) is 27.5. The van der Waals surface area contributed by atoms with Crippen LogP contribution in [0.5, 0.6) is 0 Å². The number of hydrogen-bond donors (Lipinski definition) is 2. The molecule has 0 saturated carbocycles. The van der Waals surface area contributed by atoms with Crippen molar-refractivity contribution in [2.45, 2.75) is 13.3 Å². The maximum absolute atomic E-state index is 11.8. The van der Waals surface area contributed by atoms with Gasteiger partial charge in [-0.25, -0.2) is 5.01 Å². The summed E-state index contributed by atoms with van der Waals surface area (Å²) >= 11 is 0. The number of anilines is 1. The van der Waals surface area contributed by atoms with Gasteiger partial charge >= 0.3 is 0 Å². The summed E-state index contributed by atoms with van der Waals surface area (Å²) in [6, 6.07) is 9.09. The summed E-state index contributed by atoms with van der Waals surface area (Å²) in [5, 5.41) is 4.06. The number of amides is 2. The van der Waals surface area contributed by atoms with Crippen molar-refractivity contribution in [1.82, 2.24) is 10.7 Å². The first-order chi connectivity index (χ1) is 9.22. The second kappa shape index (κ2) is 5.99. The Morgan fingerprint density at radius 3 is 2.84 bits per heavy atom. The molecule has 1 aromatic carbocycles. The van der Waals surface area contributed by atoms with Gasteiger partial charge in [0.1, 0.15) is 6.54 Å². The van der Waals surface area contributed by atoms with E-state index in [0.29, 0.717) is 12.2 Å². The quantitative estimate of drug-likeness (QED) is 0.826. The first-order valence-corrected chi connectivity index (χ1v) is 6.19. The zero-order valence-electron chi connectivity index (χ0n) is 10.7. The first kappa shape index (κ1) is 13.1. The van der Waals surface area contributed by atoms with Crippen LogP contribution in [0.4, 0.5) is 5.69 Å². The fraction of sp³-hybridized carbons (Fsp3) is 0.308. The Bertz CT molecular complexity index is 499. The standard InChI is InChI=1S/C13H16N4O2/c1-2-8-14-13(19)12-15-9-11(18)17(16-12)10-6-4-3-5-7-10/h3-7H,2,8-9H2,1H3,(H,14,19)(H,15,16). The molecule has 0 unspecified atom stereocenters. The normalized spacial score (nSPS) is 14.7. The highest BCUT2D eigenvalue weighted by Crippen LogP contribution is 2.12. The van der Waals surface area contributed by atoms with Crippen molar-refractivity contribution in [3.8, 4) is 0 Å². The molecule has 19 heavy (non-hydrogen) atoms. The molecular formula is C13H16N4O2. The Labute approximate surface area is 111 Å². The topological polar surface area (TPSA) is 73.8 Å². The van der Waals surface area contributed by atoms with Crippen molar-refractivity contribution < 1.29 is 9.59 Å². The lowest BCUT2D eigenvalue weighted by Crippen LogP contribution is -2.55. The molecule has 1 aliphatic heterocycles. The van der Waals surface area contributed by atoms with Gasteiger partial charge in [-0.1, -0.05) is 25.1 Å². The molecule has 1 heterocycles. The number of amidine groups is 1. The summed E-state index contributed by atoms with van der Waals surface area (Å²) in [7, 11) is 0. The smallest absolute Gasteiger partial charge is 0.288 e. The van der Waals surface area contributed by atoms with Gasteiger partial charge in [0, 0.05) is 6.54 Å². The van der Waals surface area contributed by atoms with Crippen molar-refractivity contribution in [3.05, 3.63) is 30.3 Å². The number of hydrogen-bond acceptors (Lipinski definition) is 4. The van der Waals surface area contributed by atoms with Crippen molar-refractivity contribution in [3.63, 3.8) is 0 Å². The second-order valence-electron chi connectivity index (χ2n) is 4.10. The van der Waals surface area contributed by atoms with E-state index in [2.05, 4.69) is 15.7 Å². The third-order valence-corrected chi connectivity index (χ3v) is 2.60. The molecule has 0 spiro atoms. The number of benzene rings is 1. The Hall–Kier alpha value is -2.37. The van der Waals surface area contributed by atoms with Crippen LogP contribution in [0.2, 0.25) is 0 Å². The Balaban J connectivity index is 2.10. The van der Waals surface area contributed by atoms with Gasteiger partial charge in [0.25, 0.3) is 11.8 Å². The molecular weight excluding hydrogens is 244 g/mol. The van der Waals surface area contributed by atoms with Crippen molar-refractivity contribution >= 4 is 23.3 Å². The molecule has 0 aromatic heterocycles. The van der Waals surface area contributed by atoms with Gasteiger partial charge in [-0.15, -0.1) is 0 Å². The molecule has 2 rings (SSSR count). The van der Waals surface area contributed by atoms with Crippen LogP contribution in [-0.4, -0.2) is 30.7 Å². The molecule has 2 N–H and O–H groups in total. The first-order valence-electron chi connectivity index (χ1n) is 6.19. The van der Waals surface area contributed by atoms with Crippen LogP contribution < -0.4 is 15.8 Å². The molecule has 0 fully saturated rings. The van der Waals surface area contributed by atoms with Gasteiger partial charge in [0.15, 0.2) is 0 Å². The van der Waals surface area contributed by atoms with Crippen LogP contribution in [0.25, 0.3) is 0 Å². The zero-order chi connectivity index (χ0) is 13.7. The maximum atomic E-state index is 11.8. The van der Waals surface area contributed by atoms with Gasteiger partial charge in [0.05, 0.1) is 5.69 Å². The third kappa shape index (κ3) is 3.09. The van der Waals surface area contributed by atoms with Gasteiger partial charge in [0.2, 0.25) is 5.84 Å². The van der Waals surface area contributed by atoms with E-state index >= 15 is 0 Å². The molecule has 100 valence electrons. The minimum atomic E-state index is -0.296. The molecule has 0 aliphatic carbocycles. The van der Waals surface area contributed by atoms with Crippen LogP contribution in [0, 0.1) is 0 Å². The number of aliphatic imine (C=N–C) groups is 1. The average molecular weight is 260 g/mol. The highest BCUT2D eigenvalue weighted by atomic mass is 16.2. The van der Waals surface area contributed by atoms with E-state index in [1.54, 1.807) is 12.1 Å². The number of hydrazine groups is 1. The van der Waals surface area contributed by atoms with Crippen molar-refractivity contribution in [2.24, 2.45) is 4.99 Å². The highest BCUT2D eigenvalue weighted by Gasteiger charge is 2.24. The SMILES string of the molecule is CCCNC(=O)C1=NCC(=O)N(c2ccccc2)N1. The maximum Gasteiger partial charge on any atom is 0.288 e. The Morgan fingerprint density at radius 1 is 1.42 bits per heavy atom. The second-order valence-corrected chi connectivity index (χ2v) is 4.10. The molecule has 0 radical (unpaired) electrons. The van der Waals surface area contributed by atoms with E-state index in [9.17, 15) is 9.59 Å². The number of para-hydroxylation sites is 1. The predicted octanol–water partition coefficient (Wildman–Crippen LogP) is 0.462. The molecule has 1 aromatic rings. The molecule has 1 aliphatic rings. The fourth-order valence-electron chi connectivity index (χ4n) is 1.65. The summed E-state index contributed by atoms with van der Waals surface area (Å²) in [6.45, 7) is 2.52. The lowest BCUT2D eigenvalue weighted by atomic mass is 10.3. The van der Waals surface area contributed by atoms with Crippen LogP contribution in [0.15, 0.2) is 35.3 Å². The van der Waals surface area contributed by atoms with E-state index in [4.69, 9.17) is 0 Å². The van der Waals surface area contributed by atoms with E-state index in [0.717, 1.165) is 6.42 Å². The van der Waals surface area contributed by atoms with Gasteiger partial charge in [-0.2, -0.15) is 0 Å². The van der Waals surface area contributed by atoms with Gasteiger partial charge < -0.3 is 5.32 Å². The lowest BCUT2D eigenvalue weighted by Gasteiger charge is -2.27. The van der Waals surface area contributed by atoms with E-state index < -0.39 is 0 Å². The van der Waals surface area contributed by atoms with Crippen molar-refractivity contribution in [1.29, 1.82) is 0 Å². The third-order valence-electron chi connectivity index (χ3n) is 2.60. The Morgan fingerprint density at radius 2 is 2.16 bits per heavy atom. The summed E-state index contributed by atoms with van der Waals surface area (Å²) in [5.41, 5.74) is 3.43. The molecule has 0 atom stereocenters. The number of rotatable bonds is 4. The minimum Gasteiger partial charge on any atom is -0.349 e. The number of nitrogens with one attached hydrogen (secondary N) is 2. The summed E-state index contributed by atoms with van der Waals surface area (Å²) in [6.07, 6.45) is 0.848.